The van der Waals surface area contributed by atoms with Crippen molar-refractivity contribution in [1.29, 1.82) is 0 Å². The van der Waals surface area contributed by atoms with E-state index in [2.05, 4.69) is 71.4 Å². The number of nitrogens with zero attached hydrogens (tertiary/aromatic N) is 3. The monoisotopic (exact) mass is 402 g/mol. The van der Waals surface area contributed by atoms with Gasteiger partial charge >= 0.3 is 0 Å². The highest BCUT2D eigenvalue weighted by Crippen LogP contribution is 2.19. The number of carbonyl (C=O) groups is 1. The third kappa shape index (κ3) is 3.97. The lowest BCUT2D eigenvalue weighted by atomic mass is 10.0. The van der Waals surface area contributed by atoms with Crippen molar-refractivity contribution in [2.75, 3.05) is 0 Å². The summed E-state index contributed by atoms with van der Waals surface area (Å²) in [4.78, 5) is 17.8. The highest BCUT2D eigenvalue weighted by molar-refractivity contribution is 5.94. The number of nitrogens with one attached hydrogen (secondary N) is 1. The Kier molecular flexibility index (Phi) is 5.62. The Morgan fingerprint density at radius 1 is 1.13 bits per heavy atom. The van der Waals surface area contributed by atoms with Crippen LogP contribution in [-0.2, 0) is 26.4 Å². The van der Waals surface area contributed by atoms with Crippen molar-refractivity contribution >= 4 is 22.5 Å². The average molecular weight is 403 g/mol. The number of hydrogen-bond acceptors (Lipinski definition) is 2. The molecule has 156 valence electrons. The maximum Gasteiger partial charge on any atom is 0.270 e. The molecule has 0 saturated heterocycles. The molecule has 1 amide bonds. The molecular weight excluding hydrogens is 372 g/mol. The summed E-state index contributed by atoms with van der Waals surface area (Å²) in [5, 5.41) is 4.29. The molecule has 0 aliphatic heterocycles. The Labute approximate surface area is 177 Å². The first-order valence-corrected chi connectivity index (χ1v) is 10.8. The van der Waals surface area contributed by atoms with Crippen molar-refractivity contribution < 1.29 is 4.79 Å². The van der Waals surface area contributed by atoms with Crippen LogP contribution >= 0.6 is 0 Å². The number of aromatic nitrogens is 3. The van der Waals surface area contributed by atoms with Gasteiger partial charge in [0.25, 0.3) is 5.91 Å². The van der Waals surface area contributed by atoms with E-state index in [1.165, 1.54) is 16.5 Å². The summed E-state index contributed by atoms with van der Waals surface area (Å²) in [5.74, 6) is 0.577. The van der Waals surface area contributed by atoms with Crippen LogP contribution in [-0.4, -0.2) is 19.9 Å². The van der Waals surface area contributed by atoms with Crippen molar-refractivity contribution in [2.24, 2.45) is 13.0 Å². The van der Waals surface area contributed by atoms with Gasteiger partial charge in [-0.25, -0.2) is 4.98 Å². The van der Waals surface area contributed by atoms with Gasteiger partial charge in [-0.1, -0.05) is 32.9 Å². The van der Waals surface area contributed by atoms with E-state index in [1.807, 2.05) is 24.4 Å². The van der Waals surface area contributed by atoms with Gasteiger partial charge < -0.3 is 9.88 Å². The average Bonchev–Trinajstić information content (AvgIpc) is 3.30. The minimum Gasteiger partial charge on any atom is -0.351 e. The van der Waals surface area contributed by atoms with Gasteiger partial charge in [0, 0.05) is 31.5 Å². The van der Waals surface area contributed by atoms with Crippen LogP contribution in [0.2, 0.25) is 0 Å². The van der Waals surface area contributed by atoms with Crippen LogP contribution < -0.4 is 5.32 Å². The van der Waals surface area contributed by atoms with E-state index in [0.29, 0.717) is 18.2 Å². The third-order valence-electron chi connectivity index (χ3n) is 5.72. The molecule has 0 unspecified atom stereocenters. The second kappa shape index (κ2) is 8.34. The third-order valence-corrected chi connectivity index (χ3v) is 5.72. The molecular formula is C25H30N4O. The summed E-state index contributed by atoms with van der Waals surface area (Å²) in [6.07, 6.45) is 6.99. The van der Waals surface area contributed by atoms with Crippen molar-refractivity contribution in [1.82, 2.24) is 19.3 Å². The van der Waals surface area contributed by atoms with Crippen LogP contribution in [0, 0.1) is 5.92 Å². The molecule has 3 aromatic heterocycles. The van der Waals surface area contributed by atoms with Crippen molar-refractivity contribution in [3.8, 4) is 0 Å². The standard InChI is InChI=1S/C25H30N4O/c1-5-21-24(29-16-18(7-6-17(2)3)9-11-23(29)27-21)25(30)26-15-19-8-10-22-20(14-19)12-13-28(22)4/h8-14,16-17H,5-7,15H2,1-4H3,(H,26,30). The molecule has 4 aromatic rings. The van der Waals surface area contributed by atoms with Gasteiger partial charge in [0.15, 0.2) is 0 Å². The lowest BCUT2D eigenvalue weighted by Gasteiger charge is -2.09. The number of hydrogen-bond donors (Lipinski definition) is 1. The Morgan fingerprint density at radius 3 is 2.70 bits per heavy atom. The molecule has 0 saturated carbocycles. The molecule has 0 fully saturated rings. The maximum absolute atomic E-state index is 13.1. The molecule has 0 radical (unpaired) electrons. The summed E-state index contributed by atoms with van der Waals surface area (Å²) >= 11 is 0. The Hall–Kier alpha value is -3.08. The van der Waals surface area contributed by atoms with Gasteiger partial charge in [0.2, 0.25) is 0 Å². The number of pyridine rings is 1. The molecule has 5 nitrogen and oxygen atoms in total. The first-order valence-electron chi connectivity index (χ1n) is 10.8. The van der Waals surface area contributed by atoms with Crippen molar-refractivity contribution in [3.05, 3.63) is 71.3 Å². The number of benzene rings is 1. The van der Waals surface area contributed by atoms with Crippen molar-refractivity contribution in [2.45, 2.75) is 46.6 Å². The van der Waals surface area contributed by atoms with Gasteiger partial charge in [0.1, 0.15) is 11.3 Å². The minimum atomic E-state index is -0.0754. The number of amides is 1. The fraction of sp³-hybridized carbons (Fsp3) is 0.360. The van der Waals surface area contributed by atoms with E-state index in [4.69, 9.17) is 0 Å². The number of rotatable bonds is 7. The molecule has 4 rings (SSSR count). The number of aryl methyl sites for hydroxylation is 3. The number of carbonyl (C=O) groups excluding carboxylic acids is 1. The first-order chi connectivity index (χ1) is 14.5. The number of fused-ring (bicyclic) bond motifs is 2. The van der Waals surface area contributed by atoms with Crippen LogP contribution in [0.1, 0.15) is 54.5 Å². The Bertz CT molecular complexity index is 1200. The Balaban J connectivity index is 1.57. The van der Waals surface area contributed by atoms with Gasteiger partial charge in [0.05, 0.1) is 5.69 Å². The molecule has 0 bridgehead atoms. The van der Waals surface area contributed by atoms with E-state index >= 15 is 0 Å². The summed E-state index contributed by atoms with van der Waals surface area (Å²) in [6.45, 7) is 7.00. The van der Waals surface area contributed by atoms with Crippen LogP contribution in [0.25, 0.3) is 16.6 Å². The highest BCUT2D eigenvalue weighted by atomic mass is 16.1. The van der Waals surface area contributed by atoms with Crippen LogP contribution in [0.3, 0.4) is 0 Å². The molecule has 0 atom stereocenters. The molecule has 3 heterocycles. The zero-order valence-corrected chi connectivity index (χ0v) is 18.3. The second-order valence-electron chi connectivity index (χ2n) is 8.46. The SMILES string of the molecule is CCc1nc2ccc(CCC(C)C)cn2c1C(=O)NCc1ccc2c(ccn2C)c1. The van der Waals surface area contributed by atoms with E-state index in [0.717, 1.165) is 36.2 Å². The van der Waals surface area contributed by atoms with E-state index in [1.54, 1.807) is 0 Å². The topological polar surface area (TPSA) is 51.3 Å². The van der Waals surface area contributed by atoms with Gasteiger partial charge in [-0.05, 0) is 66.0 Å². The normalized spacial score (nSPS) is 11.6. The quantitative estimate of drug-likeness (QED) is 0.478. The zero-order valence-electron chi connectivity index (χ0n) is 18.3. The predicted octanol–water partition coefficient (Wildman–Crippen LogP) is 4.91. The molecule has 1 aromatic carbocycles. The Morgan fingerprint density at radius 2 is 1.93 bits per heavy atom. The van der Waals surface area contributed by atoms with E-state index in [9.17, 15) is 4.79 Å². The second-order valence-corrected chi connectivity index (χ2v) is 8.46. The highest BCUT2D eigenvalue weighted by Gasteiger charge is 2.18. The van der Waals surface area contributed by atoms with E-state index < -0.39 is 0 Å². The lowest BCUT2D eigenvalue weighted by Crippen LogP contribution is -2.25. The van der Waals surface area contributed by atoms with E-state index in [-0.39, 0.29) is 5.91 Å². The molecule has 0 aliphatic rings. The summed E-state index contributed by atoms with van der Waals surface area (Å²) in [5.41, 5.74) is 5.84. The lowest BCUT2D eigenvalue weighted by molar-refractivity contribution is 0.0944. The van der Waals surface area contributed by atoms with Gasteiger partial charge in [-0.2, -0.15) is 0 Å². The van der Waals surface area contributed by atoms with Gasteiger partial charge in [-0.3, -0.25) is 9.20 Å². The summed E-state index contributed by atoms with van der Waals surface area (Å²) in [7, 11) is 2.04. The fourth-order valence-electron chi connectivity index (χ4n) is 3.93. The smallest absolute Gasteiger partial charge is 0.270 e. The van der Waals surface area contributed by atoms with Crippen molar-refractivity contribution in [3.63, 3.8) is 0 Å². The van der Waals surface area contributed by atoms with Crippen LogP contribution in [0.15, 0.2) is 48.8 Å². The number of imidazole rings is 1. The summed E-state index contributed by atoms with van der Waals surface area (Å²) in [6, 6.07) is 12.6. The van der Waals surface area contributed by atoms with Gasteiger partial charge in [-0.15, -0.1) is 0 Å². The summed E-state index contributed by atoms with van der Waals surface area (Å²) < 4.78 is 4.06. The minimum absolute atomic E-state index is 0.0754. The predicted molar refractivity (Wildman–Crippen MR) is 122 cm³/mol. The molecule has 0 aliphatic carbocycles. The fourth-order valence-corrected chi connectivity index (χ4v) is 3.93. The van der Waals surface area contributed by atoms with Crippen LogP contribution in [0.5, 0.6) is 0 Å². The zero-order chi connectivity index (χ0) is 21.3. The maximum atomic E-state index is 13.1. The molecule has 5 heteroatoms. The first kappa shape index (κ1) is 20.2. The molecule has 30 heavy (non-hydrogen) atoms. The molecule has 1 N–H and O–H groups in total. The largest absolute Gasteiger partial charge is 0.351 e. The molecule has 0 spiro atoms. The van der Waals surface area contributed by atoms with Crippen LogP contribution in [0.4, 0.5) is 0 Å².